The highest BCUT2D eigenvalue weighted by Crippen LogP contribution is 2.37. The van der Waals surface area contributed by atoms with Gasteiger partial charge in [-0.15, -0.1) is 24.0 Å². The van der Waals surface area contributed by atoms with E-state index in [0.29, 0.717) is 19.4 Å². The van der Waals surface area contributed by atoms with Gasteiger partial charge in [-0.05, 0) is 26.2 Å². The summed E-state index contributed by atoms with van der Waals surface area (Å²) in [6.45, 7) is 1.71. The molecule has 0 aromatic carbocycles. The van der Waals surface area contributed by atoms with E-state index < -0.39 is 37.3 Å². The van der Waals surface area contributed by atoms with Crippen LogP contribution in [0.3, 0.4) is 0 Å². The smallest absolute Gasteiger partial charge is 0.357 e. The lowest BCUT2D eigenvalue weighted by molar-refractivity contribution is -0.183. The Morgan fingerprint density at radius 1 is 1.13 bits per heavy atom. The number of aliphatic imine (C=N–C) groups is 1. The van der Waals surface area contributed by atoms with Gasteiger partial charge in [-0.1, -0.05) is 6.42 Å². The van der Waals surface area contributed by atoms with E-state index in [0.717, 1.165) is 0 Å². The first-order valence-corrected chi connectivity index (χ1v) is 7.30. The number of rotatable bonds is 4. The lowest BCUT2D eigenvalue weighted by Gasteiger charge is -2.31. The van der Waals surface area contributed by atoms with Crippen LogP contribution in [0.25, 0.3) is 0 Å². The van der Waals surface area contributed by atoms with E-state index in [9.17, 15) is 26.3 Å². The van der Waals surface area contributed by atoms with Crippen molar-refractivity contribution < 1.29 is 26.3 Å². The number of nitrogens with zero attached hydrogens (tertiary/aromatic N) is 1. The summed E-state index contributed by atoms with van der Waals surface area (Å²) in [7, 11) is 0. The highest BCUT2D eigenvalue weighted by atomic mass is 127. The molecule has 23 heavy (non-hydrogen) atoms. The standard InChI is InChI=1S/C13H21F6N3.HI/c1-2-20-11(21-7-6-12(14,15)16)22-10-5-3-4-9(8-10)13(17,18)19;/h9-10H,2-8H2,1H3,(H2,20,21,22);1H. The fourth-order valence-corrected chi connectivity index (χ4v) is 2.43. The zero-order valence-electron chi connectivity index (χ0n) is 12.7. The third-order valence-corrected chi connectivity index (χ3v) is 3.49. The van der Waals surface area contributed by atoms with Crippen LogP contribution in [0.2, 0.25) is 0 Å². The first-order chi connectivity index (χ1) is 10.1. The molecule has 1 aliphatic rings. The maximum atomic E-state index is 12.7. The van der Waals surface area contributed by atoms with Crippen molar-refractivity contribution in [3.05, 3.63) is 0 Å². The first kappa shape index (κ1) is 22.6. The summed E-state index contributed by atoms with van der Waals surface area (Å²) in [5.74, 6) is -1.23. The molecule has 3 nitrogen and oxygen atoms in total. The molecule has 0 aromatic rings. The molecule has 2 atom stereocenters. The molecule has 1 aliphatic carbocycles. The number of hydrogen-bond donors (Lipinski definition) is 2. The van der Waals surface area contributed by atoms with E-state index in [4.69, 9.17) is 0 Å². The number of alkyl halides is 6. The van der Waals surface area contributed by atoms with Crippen LogP contribution in [0.5, 0.6) is 0 Å². The molecule has 0 amide bonds. The van der Waals surface area contributed by atoms with E-state index in [1.165, 1.54) is 0 Å². The van der Waals surface area contributed by atoms with Crippen molar-refractivity contribution in [3.63, 3.8) is 0 Å². The normalized spacial score (nSPS) is 23.2. The monoisotopic (exact) mass is 461 g/mol. The van der Waals surface area contributed by atoms with Gasteiger partial charge in [-0.3, -0.25) is 4.99 Å². The Bertz CT molecular complexity index is 370. The average Bonchev–Trinajstić information content (AvgIpc) is 2.36. The van der Waals surface area contributed by atoms with Crippen LogP contribution >= 0.6 is 24.0 Å². The topological polar surface area (TPSA) is 36.4 Å². The number of halogens is 7. The summed E-state index contributed by atoms with van der Waals surface area (Å²) in [6.07, 6.45) is -8.57. The molecule has 0 heterocycles. The Morgan fingerprint density at radius 3 is 2.30 bits per heavy atom. The van der Waals surface area contributed by atoms with Gasteiger partial charge in [0, 0.05) is 12.6 Å². The third kappa shape index (κ3) is 9.46. The second kappa shape index (κ2) is 9.77. The molecule has 1 fully saturated rings. The summed E-state index contributed by atoms with van der Waals surface area (Å²) in [5.41, 5.74) is 0. The summed E-state index contributed by atoms with van der Waals surface area (Å²) in [6, 6.07) is -0.427. The SMILES string of the molecule is CCNC(=NCCC(F)(F)F)NC1CCCC(C(F)(F)F)C1.I. The molecule has 0 aromatic heterocycles. The summed E-state index contributed by atoms with van der Waals surface area (Å²) in [5, 5.41) is 5.58. The molecule has 138 valence electrons. The van der Waals surface area contributed by atoms with Crippen LogP contribution in [0, 0.1) is 5.92 Å². The predicted octanol–water partition coefficient (Wildman–Crippen LogP) is 4.23. The van der Waals surface area contributed by atoms with Gasteiger partial charge in [0.2, 0.25) is 0 Å². The summed E-state index contributed by atoms with van der Waals surface area (Å²) < 4.78 is 74.5. The van der Waals surface area contributed by atoms with Gasteiger partial charge in [0.05, 0.1) is 18.9 Å². The van der Waals surface area contributed by atoms with E-state index in [2.05, 4.69) is 15.6 Å². The van der Waals surface area contributed by atoms with E-state index >= 15 is 0 Å². The van der Waals surface area contributed by atoms with Crippen molar-refractivity contribution in [1.29, 1.82) is 0 Å². The number of nitrogens with one attached hydrogen (secondary N) is 2. The van der Waals surface area contributed by atoms with Crippen LogP contribution in [0.15, 0.2) is 4.99 Å². The molecule has 10 heteroatoms. The predicted molar refractivity (Wildman–Crippen MR) is 87.0 cm³/mol. The fraction of sp³-hybridized carbons (Fsp3) is 0.923. The van der Waals surface area contributed by atoms with Gasteiger partial charge in [0.1, 0.15) is 0 Å². The largest absolute Gasteiger partial charge is 0.391 e. The fourth-order valence-electron chi connectivity index (χ4n) is 2.43. The molecule has 0 saturated heterocycles. The van der Waals surface area contributed by atoms with E-state index in [-0.39, 0.29) is 42.8 Å². The molecule has 0 aliphatic heterocycles. The summed E-state index contributed by atoms with van der Waals surface area (Å²) >= 11 is 0. The van der Waals surface area contributed by atoms with Crippen molar-refractivity contribution in [1.82, 2.24) is 10.6 Å². The maximum absolute atomic E-state index is 12.7. The van der Waals surface area contributed by atoms with Gasteiger partial charge in [0.15, 0.2) is 5.96 Å². The quantitative estimate of drug-likeness (QED) is 0.285. The zero-order chi connectivity index (χ0) is 16.8. The van der Waals surface area contributed by atoms with Crippen LogP contribution in [-0.4, -0.2) is 37.4 Å². The van der Waals surface area contributed by atoms with Gasteiger partial charge in [0.25, 0.3) is 0 Å². The Labute approximate surface area is 148 Å². The van der Waals surface area contributed by atoms with Crippen molar-refractivity contribution >= 4 is 29.9 Å². The van der Waals surface area contributed by atoms with Crippen LogP contribution in [0.4, 0.5) is 26.3 Å². The minimum atomic E-state index is -4.30. The zero-order valence-corrected chi connectivity index (χ0v) is 15.1. The Morgan fingerprint density at radius 2 is 1.78 bits per heavy atom. The Kier molecular flexibility index (Phi) is 9.60. The lowest BCUT2D eigenvalue weighted by Crippen LogP contribution is -2.46. The first-order valence-electron chi connectivity index (χ1n) is 7.30. The van der Waals surface area contributed by atoms with Crippen LogP contribution in [0.1, 0.15) is 39.0 Å². The number of hydrogen-bond acceptors (Lipinski definition) is 1. The molecule has 2 N–H and O–H groups in total. The van der Waals surface area contributed by atoms with Crippen molar-refractivity contribution in [2.24, 2.45) is 10.9 Å². The van der Waals surface area contributed by atoms with Gasteiger partial charge >= 0.3 is 12.4 Å². The third-order valence-electron chi connectivity index (χ3n) is 3.49. The lowest BCUT2D eigenvalue weighted by atomic mass is 9.85. The average molecular weight is 461 g/mol. The molecule has 1 rings (SSSR count). The minimum absolute atomic E-state index is 0. The van der Waals surface area contributed by atoms with E-state index in [1.54, 1.807) is 6.92 Å². The van der Waals surface area contributed by atoms with Crippen molar-refractivity contribution in [2.45, 2.75) is 57.4 Å². The van der Waals surface area contributed by atoms with Crippen molar-refractivity contribution in [2.75, 3.05) is 13.1 Å². The summed E-state index contributed by atoms with van der Waals surface area (Å²) in [4.78, 5) is 3.77. The maximum Gasteiger partial charge on any atom is 0.391 e. The van der Waals surface area contributed by atoms with E-state index in [1.807, 2.05) is 0 Å². The molecule has 2 unspecified atom stereocenters. The second-order valence-electron chi connectivity index (χ2n) is 5.37. The van der Waals surface area contributed by atoms with Crippen molar-refractivity contribution in [3.8, 4) is 0 Å². The highest BCUT2D eigenvalue weighted by Gasteiger charge is 2.42. The van der Waals surface area contributed by atoms with Crippen LogP contribution in [-0.2, 0) is 0 Å². The van der Waals surface area contributed by atoms with Crippen LogP contribution < -0.4 is 10.6 Å². The highest BCUT2D eigenvalue weighted by molar-refractivity contribution is 14.0. The Balaban J connectivity index is 0.00000484. The molecule has 0 radical (unpaired) electrons. The molecular weight excluding hydrogens is 439 g/mol. The van der Waals surface area contributed by atoms with Gasteiger partial charge in [-0.25, -0.2) is 0 Å². The van der Waals surface area contributed by atoms with Gasteiger partial charge in [-0.2, -0.15) is 26.3 Å². The molecule has 0 bridgehead atoms. The molecule has 1 saturated carbocycles. The van der Waals surface area contributed by atoms with Gasteiger partial charge < -0.3 is 10.6 Å². The molecular formula is C13H22F6IN3. The second-order valence-corrected chi connectivity index (χ2v) is 5.37. The number of guanidine groups is 1. The minimum Gasteiger partial charge on any atom is -0.357 e. The molecule has 0 spiro atoms. The Hall–Kier alpha value is -0.420.